The molecule has 0 spiro atoms. The predicted octanol–water partition coefficient (Wildman–Crippen LogP) is 4.79. The minimum atomic E-state index is -0.183. The molecule has 0 radical (unpaired) electrons. The van der Waals surface area contributed by atoms with Gasteiger partial charge < -0.3 is 15.0 Å². The Morgan fingerprint density at radius 2 is 1.82 bits per heavy atom. The topological polar surface area (TPSA) is 54.5 Å². The van der Waals surface area contributed by atoms with Crippen LogP contribution in [0.4, 0.5) is 11.5 Å². The van der Waals surface area contributed by atoms with Crippen molar-refractivity contribution in [2.45, 2.75) is 26.2 Å². The zero-order chi connectivity index (χ0) is 19.5. The van der Waals surface area contributed by atoms with Gasteiger partial charge in [0, 0.05) is 24.7 Å². The van der Waals surface area contributed by atoms with Crippen LogP contribution in [0.5, 0.6) is 5.75 Å². The molecule has 1 amide bonds. The van der Waals surface area contributed by atoms with E-state index in [0.29, 0.717) is 17.0 Å². The van der Waals surface area contributed by atoms with Gasteiger partial charge in [0.05, 0.1) is 18.4 Å². The Balaban J connectivity index is 1.71. The highest BCUT2D eigenvalue weighted by Crippen LogP contribution is 2.31. The average Bonchev–Trinajstić information content (AvgIpc) is 2.73. The van der Waals surface area contributed by atoms with Gasteiger partial charge in [0.15, 0.2) is 0 Å². The van der Waals surface area contributed by atoms with Crippen molar-refractivity contribution in [3.05, 3.63) is 59.8 Å². The van der Waals surface area contributed by atoms with Gasteiger partial charge in [-0.25, -0.2) is 4.98 Å². The Kier molecular flexibility index (Phi) is 5.15. The summed E-state index contributed by atoms with van der Waals surface area (Å²) in [5.41, 5.74) is 2.29. The molecule has 144 valence electrons. The number of fused-ring (bicyclic) bond motifs is 1. The molecule has 1 N–H and O–H groups in total. The summed E-state index contributed by atoms with van der Waals surface area (Å²) in [6, 6.07) is 13.7. The van der Waals surface area contributed by atoms with Crippen molar-refractivity contribution >= 4 is 28.2 Å². The molecule has 0 unspecified atom stereocenters. The highest BCUT2D eigenvalue weighted by Gasteiger charge is 2.19. The van der Waals surface area contributed by atoms with E-state index < -0.39 is 0 Å². The van der Waals surface area contributed by atoms with Crippen LogP contribution in [-0.4, -0.2) is 31.1 Å². The first-order valence-electron chi connectivity index (χ1n) is 9.76. The number of hydrogen-bond acceptors (Lipinski definition) is 4. The maximum atomic E-state index is 13.1. The molecule has 0 aliphatic carbocycles. The van der Waals surface area contributed by atoms with Crippen LogP contribution in [0.3, 0.4) is 0 Å². The fourth-order valence-electron chi connectivity index (χ4n) is 3.83. The van der Waals surface area contributed by atoms with E-state index in [9.17, 15) is 4.79 Å². The van der Waals surface area contributed by atoms with Gasteiger partial charge in [-0.05, 0) is 49.3 Å². The first kappa shape index (κ1) is 18.3. The summed E-state index contributed by atoms with van der Waals surface area (Å²) in [7, 11) is 1.60. The number of carbonyl (C=O) groups excluding carboxylic acids is 1. The normalized spacial score (nSPS) is 14.1. The van der Waals surface area contributed by atoms with Gasteiger partial charge in [-0.15, -0.1) is 0 Å². The summed E-state index contributed by atoms with van der Waals surface area (Å²) in [5.74, 6) is 1.43. The number of amides is 1. The van der Waals surface area contributed by atoms with E-state index in [2.05, 4.69) is 21.3 Å². The molecule has 0 bridgehead atoms. The fraction of sp³-hybridized carbons (Fsp3) is 0.304. The number of piperidine rings is 1. The van der Waals surface area contributed by atoms with Crippen LogP contribution >= 0.6 is 0 Å². The van der Waals surface area contributed by atoms with Crippen molar-refractivity contribution < 1.29 is 9.53 Å². The molecule has 1 aliphatic heterocycles. The van der Waals surface area contributed by atoms with Crippen LogP contribution in [0.2, 0.25) is 0 Å². The number of rotatable bonds is 4. The molecule has 1 aliphatic rings. The summed E-state index contributed by atoms with van der Waals surface area (Å²) < 4.78 is 5.39. The third kappa shape index (κ3) is 3.52. The molecule has 1 aromatic heterocycles. The highest BCUT2D eigenvalue weighted by molar-refractivity contribution is 6.14. The van der Waals surface area contributed by atoms with E-state index in [4.69, 9.17) is 4.74 Å². The standard InChI is InChI=1S/C23H25N3O2/c1-16-10-11-21(28-2)20(14-16)25-23(27)19-15-24-22(26-12-6-3-7-13-26)18-9-5-4-8-17(18)19/h4-5,8-11,14-15H,3,6-7,12-13H2,1-2H3,(H,25,27). The first-order valence-corrected chi connectivity index (χ1v) is 9.76. The van der Waals surface area contributed by atoms with Gasteiger partial charge in [-0.1, -0.05) is 30.3 Å². The van der Waals surface area contributed by atoms with E-state index in [-0.39, 0.29) is 5.91 Å². The number of aromatic nitrogens is 1. The molecule has 2 heterocycles. The molecular weight excluding hydrogens is 350 g/mol. The molecule has 1 saturated heterocycles. The Bertz CT molecular complexity index is 1010. The lowest BCUT2D eigenvalue weighted by atomic mass is 10.0. The summed E-state index contributed by atoms with van der Waals surface area (Å²) in [6.45, 7) is 4.02. The maximum absolute atomic E-state index is 13.1. The number of anilines is 2. The minimum absolute atomic E-state index is 0.183. The zero-order valence-corrected chi connectivity index (χ0v) is 16.4. The Morgan fingerprint density at radius 1 is 1.07 bits per heavy atom. The van der Waals surface area contributed by atoms with E-state index in [1.807, 2.05) is 43.3 Å². The third-order valence-corrected chi connectivity index (χ3v) is 5.28. The molecule has 0 atom stereocenters. The molecule has 2 aromatic carbocycles. The summed E-state index contributed by atoms with van der Waals surface area (Å²) in [6.07, 6.45) is 5.34. The largest absolute Gasteiger partial charge is 0.495 e. The van der Waals surface area contributed by atoms with Gasteiger partial charge >= 0.3 is 0 Å². The van der Waals surface area contributed by atoms with E-state index in [1.54, 1.807) is 13.3 Å². The smallest absolute Gasteiger partial charge is 0.257 e. The molecule has 5 nitrogen and oxygen atoms in total. The molecule has 4 rings (SSSR count). The average molecular weight is 375 g/mol. The second kappa shape index (κ2) is 7.89. The molecule has 0 saturated carbocycles. The van der Waals surface area contributed by atoms with Crippen molar-refractivity contribution in [2.24, 2.45) is 0 Å². The number of pyridine rings is 1. The van der Waals surface area contributed by atoms with Gasteiger partial charge in [-0.2, -0.15) is 0 Å². The van der Waals surface area contributed by atoms with E-state index >= 15 is 0 Å². The number of nitrogens with one attached hydrogen (secondary N) is 1. The summed E-state index contributed by atoms with van der Waals surface area (Å²) in [4.78, 5) is 20.1. The monoisotopic (exact) mass is 375 g/mol. The first-order chi connectivity index (χ1) is 13.7. The number of methoxy groups -OCH3 is 1. The van der Waals surface area contributed by atoms with E-state index in [0.717, 1.165) is 35.2 Å². The number of carbonyl (C=O) groups is 1. The minimum Gasteiger partial charge on any atom is -0.495 e. The maximum Gasteiger partial charge on any atom is 0.257 e. The number of hydrogen-bond donors (Lipinski definition) is 1. The van der Waals surface area contributed by atoms with Gasteiger partial charge in [0.2, 0.25) is 0 Å². The van der Waals surface area contributed by atoms with Crippen LogP contribution in [0.15, 0.2) is 48.7 Å². The lowest BCUT2D eigenvalue weighted by Crippen LogP contribution is -2.30. The number of ether oxygens (including phenoxy) is 1. The predicted molar refractivity (Wildman–Crippen MR) is 113 cm³/mol. The molecule has 1 fully saturated rings. The number of benzene rings is 2. The van der Waals surface area contributed by atoms with Crippen LogP contribution in [0.25, 0.3) is 10.8 Å². The molecule has 28 heavy (non-hydrogen) atoms. The second-order valence-corrected chi connectivity index (χ2v) is 7.25. The molecular formula is C23H25N3O2. The van der Waals surface area contributed by atoms with Crippen molar-refractivity contribution in [2.75, 3.05) is 30.4 Å². The quantitative estimate of drug-likeness (QED) is 0.712. The number of nitrogens with zero attached hydrogens (tertiary/aromatic N) is 2. The summed E-state index contributed by atoms with van der Waals surface area (Å²) in [5, 5.41) is 4.93. The molecule has 3 aromatic rings. The number of aryl methyl sites for hydroxylation is 1. The van der Waals surface area contributed by atoms with Crippen LogP contribution < -0.4 is 15.0 Å². The fourth-order valence-corrected chi connectivity index (χ4v) is 3.83. The zero-order valence-electron chi connectivity index (χ0n) is 16.4. The van der Waals surface area contributed by atoms with Gasteiger partial charge in [0.1, 0.15) is 11.6 Å². The Labute approximate surface area is 165 Å². The third-order valence-electron chi connectivity index (χ3n) is 5.28. The van der Waals surface area contributed by atoms with E-state index in [1.165, 1.54) is 19.3 Å². The Morgan fingerprint density at radius 3 is 2.57 bits per heavy atom. The Hall–Kier alpha value is -3.08. The van der Waals surface area contributed by atoms with Crippen LogP contribution in [0.1, 0.15) is 35.2 Å². The van der Waals surface area contributed by atoms with Crippen LogP contribution in [-0.2, 0) is 0 Å². The van der Waals surface area contributed by atoms with Gasteiger partial charge in [-0.3, -0.25) is 4.79 Å². The lowest BCUT2D eigenvalue weighted by molar-refractivity contribution is 0.102. The van der Waals surface area contributed by atoms with Crippen molar-refractivity contribution in [3.8, 4) is 5.75 Å². The molecule has 5 heteroatoms. The lowest BCUT2D eigenvalue weighted by Gasteiger charge is -2.29. The van der Waals surface area contributed by atoms with Crippen molar-refractivity contribution in [1.29, 1.82) is 0 Å². The van der Waals surface area contributed by atoms with Crippen molar-refractivity contribution in [3.63, 3.8) is 0 Å². The van der Waals surface area contributed by atoms with Crippen molar-refractivity contribution in [1.82, 2.24) is 4.98 Å². The van der Waals surface area contributed by atoms with Gasteiger partial charge in [0.25, 0.3) is 5.91 Å². The highest BCUT2D eigenvalue weighted by atomic mass is 16.5. The summed E-state index contributed by atoms with van der Waals surface area (Å²) >= 11 is 0. The SMILES string of the molecule is COc1ccc(C)cc1NC(=O)c1cnc(N2CCCCC2)c2ccccc12. The second-order valence-electron chi connectivity index (χ2n) is 7.25. The van der Waals surface area contributed by atoms with Crippen LogP contribution in [0, 0.1) is 6.92 Å².